The van der Waals surface area contributed by atoms with Crippen LogP contribution in [0.1, 0.15) is 214 Å². The number of unbranched alkanes of at least 4 members (excludes halogenated alkanes) is 21. The van der Waals surface area contributed by atoms with E-state index in [1.165, 1.54) is 123 Å². The minimum atomic E-state index is -0.255. The van der Waals surface area contributed by atoms with Gasteiger partial charge in [-0.3, -0.25) is 24.1 Å². The summed E-state index contributed by atoms with van der Waals surface area (Å²) in [7, 11) is 3.53. The van der Waals surface area contributed by atoms with Gasteiger partial charge in [0, 0.05) is 71.5 Å². The molecule has 0 saturated carbocycles. The third-order valence-electron chi connectivity index (χ3n) is 12.5. The minimum absolute atomic E-state index is 0.174. The fraction of sp³-hybridized carbons (Fsp3) is 0.925. The summed E-state index contributed by atoms with van der Waals surface area (Å²) >= 11 is 0. The van der Waals surface area contributed by atoms with Crippen LogP contribution in [-0.4, -0.2) is 149 Å². The molecule has 0 saturated heterocycles. The Morgan fingerprint density at radius 2 is 0.646 bits per heavy atom. The molecular weight excluding hydrogens is 821 g/mol. The van der Waals surface area contributed by atoms with Crippen molar-refractivity contribution >= 4 is 23.9 Å². The van der Waals surface area contributed by atoms with Gasteiger partial charge in [-0.2, -0.15) is 0 Å². The summed E-state index contributed by atoms with van der Waals surface area (Å²) in [5, 5.41) is 0. The first-order chi connectivity index (χ1) is 31.6. The van der Waals surface area contributed by atoms with E-state index in [0.29, 0.717) is 71.3 Å². The molecule has 0 aromatic heterocycles. The molecular formula is C53H104N4O8. The predicted molar refractivity (Wildman–Crippen MR) is 268 cm³/mol. The maximum Gasteiger partial charge on any atom is 0.307 e. The molecule has 0 heterocycles. The third-order valence-corrected chi connectivity index (χ3v) is 12.5. The number of esters is 4. The highest BCUT2D eigenvalue weighted by molar-refractivity contribution is 5.70. The monoisotopic (exact) mass is 925 g/mol. The molecule has 0 aliphatic heterocycles. The molecule has 384 valence electrons. The maximum atomic E-state index is 12.7. The molecule has 0 aliphatic carbocycles. The van der Waals surface area contributed by atoms with Crippen molar-refractivity contribution in [2.45, 2.75) is 220 Å². The summed E-state index contributed by atoms with van der Waals surface area (Å²) in [5.74, 6) is -0.784. The van der Waals surface area contributed by atoms with Crippen LogP contribution in [0.15, 0.2) is 0 Å². The largest absolute Gasteiger partial charge is 0.469 e. The van der Waals surface area contributed by atoms with Crippen LogP contribution in [-0.2, 0) is 38.1 Å². The number of carbonyl (C=O) groups excluding carboxylic acids is 4. The summed E-state index contributed by atoms with van der Waals surface area (Å²) < 4.78 is 21.7. The van der Waals surface area contributed by atoms with Crippen molar-refractivity contribution < 1.29 is 38.1 Å². The van der Waals surface area contributed by atoms with E-state index in [4.69, 9.17) is 18.9 Å². The molecule has 12 heteroatoms. The van der Waals surface area contributed by atoms with E-state index in [2.05, 4.69) is 61.3 Å². The predicted octanol–water partition coefficient (Wildman–Crippen LogP) is 11.0. The molecule has 0 spiro atoms. The SMILES string of the molecule is CCCCCCCCCCOC(=O)CCN(CCC(=O)OCCCCCCCCCC)CCN(C)CCN(CCN(CCC(=O)OC)CCC(=O)OCCCCCCCCCC)C(C)C. The lowest BCUT2D eigenvalue weighted by Gasteiger charge is -2.32. The number of hydrogen-bond donors (Lipinski definition) is 0. The number of likely N-dealkylation sites (N-methyl/N-ethyl adjacent to an activating group) is 1. The number of methoxy groups -OCH3 is 1. The quantitative estimate of drug-likeness (QED) is 0.0328. The molecule has 0 aromatic carbocycles. The van der Waals surface area contributed by atoms with Gasteiger partial charge in [-0.05, 0) is 40.2 Å². The Kier molecular flexibility index (Phi) is 45.2. The fourth-order valence-corrected chi connectivity index (χ4v) is 7.87. The summed E-state index contributed by atoms with van der Waals surface area (Å²) in [6.07, 6.45) is 30.0. The van der Waals surface area contributed by atoms with Crippen molar-refractivity contribution in [1.29, 1.82) is 0 Å². The molecule has 0 atom stereocenters. The molecule has 0 N–H and O–H groups in total. The molecule has 12 nitrogen and oxygen atoms in total. The molecule has 0 fully saturated rings. The van der Waals surface area contributed by atoms with Gasteiger partial charge in [0.05, 0.1) is 52.6 Å². The number of hydrogen-bond acceptors (Lipinski definition) is 12. The summed E-state index contributed by atoms with van der Waals surface area (Å²) in [6, 6.07) is 0.313. The second kappa shape index (κ2) is 46.8. The number of rotatable bonds is 49. The van der Waals surface area contributed by atoms with Crippen LogP contribution in [0.2, 0.25) is 0 Å². The van der Waals surface area contributed by atoms with Gasteiger partial charge in [-0.1, -0.05) is 156 Å². The lowest BCUT2D eigenvalue weighted by atomic mass is 10.1. The zero-order chi connectivity index (χ0) is 48.0. The van der Waals surface area contributed by atoms with Crippen LogP contribution in [0.5, 0.6) is 0 Å². The third kappa shape index (κ3) is 42.8. The summed E-state index contributed by atoms with van der Waals surface area (Å²) in [5.41, 5.74) is 0. The van der Waals surface area contributed by atoms with Gasteiger partial charge in [-0.15, -0.1) is 0 Å². The van der Waals surface area contributed by atoms with Crippen LogP contribution in [0.25, 0.3) is 0 Å². The highest BCUT2D eigenvalue weighted by Crippen LogP contribution is 2.12. The zero-order valence-corrected chi connectivity index (χ0v) is 43.6. The van der Waals surface area contributed by atoms with Gasteiger partial charge < -0.3 is 33.6 Å². The second-order valence-electron chi connectivity index (χ2n) is 18.8. The molecule has 0 unspecified atom stereocenters. The van der Waals surface area contributed by atoms with Gasteiger partial charge >= 0.3 is 23.9 Å². The van der Waals surface area contributed by atoms with Crippen molar-refractivity contribution in [3.8, 4) is 0 Å². The molecule has 0 aromatic rings. The Hall–Kier alpha value is -2.28. The second-order valence-corrected chi connectivity index (χ2v) is 18.8. The van der Waals surface area contributed by atoms with E-state index < -0.39 is 0 Å². The summed E-state index contributed by atoms with van der Waals surface area (Å²) in [6.45, 7) is 19.4. The van der Waals surface area contributed by atoms with E-state index in [0.717, 1.165) is 77.8 Å². The first-order valence-corrected chi connectivity index (χ1v) is 27.0. The first-order valence-electron chi connectivity index (χ1n) is 27.0. The fourth-order valence-electron chi connectivity index (χ4n) is 7.87. The van der Waals surface area contributed by atoms with Crippen LogP contribution < -0.4 is 0 Å². The average Bonchev–Trinajstić information content (AvgIpc) is 3.29. The average molecular weight is 925 g/mol. The van der Waals surface area contributed by atoms with Crippen LogP contribution in [0.3, 0.4) is 0 Å². The highest BCUT2D eigenvalue weighted by Gasteiger charge is 2.18. The number of carbonyl (C=O) groups is 4. The van der Waals surface area contributed by atoms with E-state index >= 15 is 0 Å². The Bertz CT molecular complexity index is 1070. The number of nitrogens with zero attached hydrogens (tertiary/aromatic N) is 4. The van der Waals surface area contributed by atoms with Crippen molar-refractivity contribution in [2.24, 2.45) is 0 Å². The lowest BCUT2D eigenvalue weighted by Crippen LogP contribution is -2.44. The van der Waals surface area contributed by atoms with Crippen molar-refractivity contribution in [1.82, 2.24) is 19.6 Å². The van der Waals surface area contributed by atoms with Crippen molar-refractivity contribution in [3.05, 3.63) is 0 Å². The van der Waals surface area contributed by atoms with Gasteiger partial charge in [0.2, 0.25) is 0 Å². The minimum Gasteiger partial charge on any atom is -0.469 e. The molecule has 0 bridgehead atoms. The normalized spacial score (nSPS) is 11.7. The molecule has 0 radical (unpaired) electrons. The standard InChI is InChI=1S/C53H104N4O8/c1-8-11-14-17-20-23-26-29-46-63-51(59)33-37-55(38-34-52(60)64-47-30-27-24-21-18-15-12-9-2)42-40-54(6)41-44-57(49(4)5)45-43-56(36-32-50(58)62-7)39-35-53(61)65-48-31-28-25-22-19-16-13-10-3/h49H,8-48H2,1-7H3. The van der Waals surface area contributed by atoms with E-state index in [9.17, 15) is 19.2 Å². The maximum absolute atomic E-state index is 12.7. The zero-order valence-electron chi connectivity index (χ0n) is 43.6. The van der Waals surface area contributed by atoms with E-state index in [-0.39, 0.29) is 30.3 Å². The number of ether oxygens (including phenoxy) is 4. The van der Waals surface area contributed by atoms with Gasteiger partial charge in [0.1, 0.15) is 0 Å². The van der Waals surface area contributed by atoms with Gasteiger partial charge in [-0.25, -0.2) is 0 Å². The van der Waals surface area contributed by atoms with E-state index in [1.54, 1.807) is 0 Å². The van der Waals surface area contributed by atoms with Gasteiger partial charge in [0.25, 0.3) is 0 Å². The highest BCUT2D eigenvalue weighted by atomic mass is 16.5. The smallest absolute Gasteiger partial charge is 0.307 e. The molecule has 0 amide bonds. The topological polar surface area (TPSA) is 118 Å². The van der Waals surface area contributed by atoms with Crippen molar-refractivity contribution in [3.63, 3.8) is 0 Å². The molecule has 0 rings (SSSR count). The van der Waals surface area contributed by atoms with Crippen LogP contribution in [0.4, 0.5) is 0 Å². The van der Waals surface area contributed by atoms with Crippen molar-refractivity contribution in [2.75, 3.05) is 99.4 Å². The van der Waals surface area contributed by atoms with Crippen LogP contribution in [0, 0.1) is 0 Å². The summed E-state index contributed by atoms with van der Waals surface area (Å²) in [4.78, 5) is 59.3. The lowest BCUT2D eigenvalue weighted by molar-refractivity contribution is -0.145. The van der Waals surface area contributed by atoms with Gasteiger partial charge in [0.15, 0.2) is 0 Å². The molecule has 0 aliphatic rings. The molecule has 65 heavy (non-hydrogen) atoms. The Morgan fingerprint density at radius 3 is 0.969 bits per heavy atom. The Labute approximate surface area is 400 Å². The first kappa shape index (κ1) is 62.7. The Morgan fingerprint density at radius 1 is 0.369 bits per heavy atom. The Balaban J connectivity index is 5.03. The van der Waals surface area contributed by atoms with Crippen LogP contribution >= 0.6 is 0 Å². The van der Waals surface area contributed by atoms with E-state index in [1.807, 2.05) is 0 Å².